The van der Waals surface area contributed by atoms with Crippen LogP contribution in [0.5, 0.6) is 0 Å². The quantitative estimate of drug-likeness (QED) is 0.284. The first-order valence-electron chi connectivity index (χ1n) is 9.84. The number of rotatable bonds is 11. The normalized spacial score (nSPS) is 12.5. The number of benzene rings is 1. The van der Waals surface area contributed by atoms with Crippen LogP contribution in [0, 0.1) is 5.92 Å². The summed E-state index contributed by atoms with van der Waals surface area (Å²) in [5.41, 5.74) is 6.56. The van der Waals surface area contributed by atoms with Crippen LogP contribution in [-0.4, -0.2) is 54.3 Å². The van der Waals surface area contributed by atoms with Crippen molar-refractivity contribution in [1.82, 2.24) is 16.0 Å². The Morgan fingerprint density at radius 2 is 1.68 bits per heavy atom. The van der Waals surface area contributed by atoms with Crippen molar-refractivity contribution in [3.8, 4) is 0 Å². The van der Waals surface area contributed by atoms with Crippen molar-refractivity contribution in [2.75, 3.05) is 23.7 Å². The van der Waals surface area contributed by atoms with Gasteiger partial charge in [-0.25, -0.2) is 4.79 Å². The van der Waals surface area contributed by atoms with E-state index in [0.29, 0.717) is 18.8 Å². The SMILES string of the molecule is CC(C)[C@H](NC(=O)CBr)C(=O)N[C@@H](C)C(=O)Nc1ccc(COC(=O)NCCN)cc1. The second-order valence-corrected chi connectivity index (χ2v) is 7.69. The van der Waals surface area contributed by atoms with Crippen LogP contribution in [0.3, 0.4) is 0 Å². The van der Waals surface area contributed by atoms with Crippen LogP contribution in [0.1, 0.15) is 26.3 Å². The molecule has 11 heteroatoms. The Balaban J connectivity index is 2.57. The van der Waals surface area contributed by atoms with Crippen LogP contribution >= 0.6 is 15.9 Å². The van der Waals surface area contributed by atoms with Gasteiger partial charge in [0.1, 0.15) is 18.7 Å². The molecule has 6 N–H and O–H groups in total. The highest BCUT2D eigenvalue weighted by molar-refractivity contribution is 9.09. The first kappa shape index (κ1) is 26.4. The number of hydrogen-bond donors (Lipinski definition) is 5. The molecule has 0 heterocycles. The monoisotopic (exact) mass is 499 g/mol. The first-order valence-corrected chi connectivity index (χ1v) is 11.0. The van der Waals surface area contributed by atoms with Crippen molar-refractivity contribution in [3.63, 3.8) is 0 Å². The molecule has 0 spiro atoms. The lowest BCUT2D eigenvalue weighted by Crippen LogP contribution is -2.53. The number of amides is 4. The molecule has 0 saturated carbocycles. The average molecular weight is 500 g/mol. The molecule has 2 atom stereocenters. The van der Waals surface area contributed by atoms with Gasteiger partial charge in [-0.05, 0) is 30.5 Å². The third-order valence-electron chi connectivity index (χ3n) is 4.14. The summed E-state index contributed by atoms with van der Waals surface area (Å²) in [6.07, 6.45) is -0.556. The van der Waals surface area contributed by atoms with Crippen LogP contribution in [-0.2, 0) is 25.7 Å². The molecule has 0 fully saturated rings. The van der Waals surface area contributed by atoms with Crippen molar-refractivity contribution in [3.05, 3.63) is 29.8 Å². The third kappa shape index (κ3) is 9.79. The van der Waals surface area contributed by atoms with E-state index >= 15 is 0 Å². The number of alkyl halides is 1. The lowest BCUT2D eigenvalue weighted by Gasteiger charge is -2.23. The number of ether oxygens (including phenoxy) is 1. The fraction of sp³-hybridized carbons (Fsp3) is 0.500. The van der Waals surface area contributed by atoms with Crippen molar-refractivity contribution in [2.24, 2.45) is 11.7 Å². The van der Waals surface area contributed by atoms with E-state index in [-0.39, 0.29) is 23.8 Å². The molecule has 0 aromatic heterocycles. The average Bonchev–Trinajstić information content (AvgIpc) is 2.74. The summed E-state index contributed by atoms with van der Waals surface area (Å²) in [5.74, 6) is -1.31. The molecule has 0 unspecified atom stereocenters. The first-order chi connectivity index (χ1) is 14.7. The molecule has 4 amide bonds. The minimum absolute atomic E-state index is 0.0772. The summed E-state index contributed by atoms with van der Waals surface area (Å²) in [6, 6.07) is 5.18. The molecule has 1 aromatic rings. The number of carbonyl (C=O) groups is 4. The van der Waals surface area contributed by atoms with Gasteiger partial charge in [0, 0.05) is 18.8 Å². The number of nitrogens with two attached hydrogens (primary N) is 1. The highest BCUT2D eigenvalue weighted by Gasteiger charge is 2.26. The van der Waals surface area contributed by atoms with Gasteiger partial charge in [-0.15, -0.1) is 0 Å². The van der Waals surface area contributed by atoms with Gasteiger partial charge in [-0.3, -0.25) is 14.4 Å². The predicted octanol–water partition coefficient (Wildman–Crippen LogP) is 0.850. The maximum absolute atomic E-state index is 12.5. The molecule has 1 rings (SSSR count). The minimum Gasteiger partial charge on any atom is -0.445 e. The maximum atomic E-state index is 12.5. The van der Waals surface area contributed by atoms with E-state index in [1.807, 2.05) is 0 Å². The number of anilines is 1. The molecular formula is C20H30BrN5O5. The summed E-state index contributed by atoms with van der Waals surface area (Å²) in [4.78, 5) is 47.9. The van der Waals surface area contributed by atoms with Gasteiger partial charge in [0.05, 0.1) is 5.33 Å². The Bertz CT molecular complexity index is 757. The minimum atomic E-state index is -0.816. The lowest BCUT2D eigenvalue weighted by atomic mass is 10.0. The Morgan fingerprint density at radius 3 is 2.23 bits per heavy atom. The predicted molar refractivity (Wildman–Crippen MR) is 120 cm³/mol. The summed E-state index contributed by atoms with van der Waals surface area (Å²) in [5, 5.41) is 10.5. The largest absolute Gasteiger partial charge is 0.445 e. The second kappa shape index (κ2) is 13.6. The zero-order valence-corrected chi connectivity index (χ0v) is 19.5. The van der Waals surface area contributed by atoms with Crippen LogP contribution < -0.4 is 27.0 Å². The van der Waals surface area contributed by atoms with Crippen LogP contribution in [0.15, 0.2) is 24.3 Å². The van der Waals surface area contributed by atoms with E-state index in [1.54, 1.807) is 45.0 Å². The Hall–Kier alpha value is -2.66. The number of hydrogen-bond acceptors (Lipinski definition) is 6. The van der Waals surface area contributed by atoms with Gasteiger partial charge in [0.2, 0.25) is 17.7 Å². The molecule has 0 aliphatic heterocycles. The van der Waals surface area contributed by atoms with E-state index in [0.717, 1.165) is 5.56 Å². The molecule has 0 aliphatic carbocycles. The summed E-state index contributed by atoms with van der Waals surface area (Å²) >= 11 is 3.04. The lowest BCUT2D eigenvalue weighted by molar-refractivity contribution is -0.131. The summed E-state index contributed by atoms with van der Waals surface area (Å²) in [6.45, 7) is 5.89. The molecule has 0 aliphatic rings. The highest BCUT2D eigenvalue weighted by atomic mass is 79.9. The fourth-order valence-electron chi connectivity index (χ4n) is 2.42. The molecule has 31 heavy (non-hydrogen) atoms. The topological polar surface area (TPSA) is 152 Å². The van der Waals surface area contributed by atoms with Crippen LogP contribution in [0.25, 0.3) is 0 Å². The number of halogens is 1. The van der Waals surface area contributed by atoms with Crippen molar-refractivity contribution < 1.29 is 23.9 Å². The molecule has 10 nitrogen and oxygen atoms in total. The fourth-order valence-corrected chi connectivity index (χ4v) is 2.59. The molecule has 172 valence electrons. The number of carbonyl (C=O) groups excluding carboxylic acids is 4. The molecule has 0 bridgehead atoms. The molecule has 1 aromatic carbocycles. The van der Waals surface area contributed by atoms with E-state index in [1.165, 1.54) is 0 Å². The zero-order valence-electron chi connectivity index (χ0n) is 17.9. The van der Waals surface area contributed by atoms with E-state index in [2.05, 4.69) is 37.2 Å². The summed E-state index contributed by atoms with van der Waals surface area (Å²) < 4.78 is 5.04. The van der Waals surface area contributed by atoms with Crippen LogP contribution in [0.4, 0.5) is 10.5 Å². The highest BCUT2D eigenvalue weighted by Crippen LogP contribution is 2.11. The van der Waals surface area contributed by atoms with Crippen molar-refractivity contribution in [1.29, 1.82) is 0 Å². The van der Waals surface area contributed by atoms with E-state index in [4.69, 9.17) is 10.5 Å². The molecule has 0 saturated heterocycles. The maximum Gasteiger partial charge on any atom is 0.407 e. The van der Waals surface area contributed by atoms with E-state index in [9.17, 15) is 19.2 Å². The smallest absolute Gasteiger partial charge is 0.407 e. The zero-order chi connectivity index (χ0) is 23.4. The van der Waals surface area contributed by atoms with Gasteiger partial charge >= 0.3 is 6.09 Å². The Morgan fingerprint density at radius 1 is 1.03 bits per heavy atom. The van der Waals surface area contributed by atoms with E-state index < -0.39 is 30.0 Å². The number of alkyl carbamates (subject to hydrolysis) is 1. The Labute approximate surface area is 190 Å². The van der Waals surface area contributed by atoms with Gasteiger partial charge in [-0.1, -0.05) is 41.9 Å². The van der Waals surface area contributed by atoms with Gasteiger partial charge in [-0.2, -0.15) is 0 Å². The molecular weight excluding hydrogens is 470 g/mol. The van der Waals surface area contributed by atoms with Gasteiger partial charge in [0.15, 0.2) is 0 Å². The number of nitrogens with one attached hydrogen (secondary N) is 4. The summed E-state index contributed by atoms with van der Waals surface area (Å²) in [7, 11) is 0. The van der Waals surface area contributed by atoms with Gasteiger partial charge < -0.3 is 31.7 Å². The second-order valence-electron chi connectivity index (χ2n) is 7.13. The Kier molecular flexibility index (Phi) is 11.6. The van der Waals surface area contributed by atoms with Gasteiger partial charge in [0.25, 0.3) is 0 Å². The van der Waals surface area contributed by atoms with Crippen molar-refractivity contribution >= 4 is 45.4 Å². The molecule has 0 radical (unpaired) electrons. The van der Waals surface area contributed by atoms with Crippen molar-refractivity contribution in [2.45, 2.75) is 39.5 Å². The standard InChI is InChI=1S/C20H30BrN5O5/c1-12(2)17(26-16(27)10-21)19(29)24-13(3)18(28)25-15-6-4-14(5-7-15)11-31-20(30)23-9-8-22/h4-7,12-13,17H,8-11,22H2,1-3H3,(H,23,30)(H,24,29)(H,25,28)(H,26,27)/t13-,17-/m0/s1. The van der Waals surface area contributed by atoms with Crippen LogP contribution in [0.2, 0.25) is 0 Å². The third-order valence-corrected chi connectivity index (χ3v) is 4.65.